The second kappa shape index (κ2) is 15.0. The van der Waals surface area contributed by atoms with Gasteiger partial charge in [0.15, 0.2) is 17.2 Å². The molecule has 56 heavy (non-hydrogen) atoms. The van der Waals surface area contributed by atoms with Crippen LogP contribution in [0.15, 0.2) is 73.6 Å². The van der Waals surface area contributed by atoms with Gasteiger partial charge in [-0.1, -0.05) is 48.5 Å². The highest BCUT2D eigenvalue weighted by Gasteiger charge is 2.36. The Bertz CT molecular complexity index is 2200. The molecule has 4 heterocycles. The van der Waals surface area contributed by atoms with E-state index < -0.39 is 23.7 Å². The third-order valence-electron chi connectivity index (χ3n) is 9.39. The Morgan fingerprint density at radius 1 is 0.679 bits per heavy atom. The van der Waals surface area contributed by atoms with Gasteiger partial charge in [0.1, 0.15) is 29.9 Å². The first-order valence-corrected chi connectivity index (χ1v) is 17.9. The summed E-state index contributed by atoms with van der Waals surface area (Å²) in [5, 5.41) is 0. The maximum Gasteiger partial charge on any atom is 0.434 e. The van der Waals surface area contributed by atoms with Crippen LogP contribution in [-0.2, 0) is 25.4 Å². The van der Waals surface area contributed by atoms with Gasteiger partial charge in [-0.05, 0) is 51.7 Å². The van der Waals surface area contributed by atoms with Crippen molar-refractivity contribution in [1.82, 2.24) is 44.0 Å². The molecule has 0 N–H and O–H groups in total. The summed E-state index contributed by atoms with van der Waals surface area (Å²) < 4.78 is 90.2. The van der Waals surface area contributed by atoms with Gasteiger partial charge in [-0.25, -0.2) is 29.9 Å². The Balaban J connectivity index is 1.24. The number of imidazole rings is 2. The van der Waals surface area contributed by atoms with Crippen molar-refractivity contribution in [1.29, 1.82) is 0 Å². The van der Waals surface area contributed by atoms with Gasteiger partial charge in [-0.3, -0.25) is 0 Å². The summed E-state index contributed by atoms with van der Waals surface area (Å²) in [6.07, 6.45) is -2.36. The van der Waals surface area contributed by atoms with E-state index >= 15 is 0 Å². The minimum absolute atomic E-state index is 0.198. The molecule has 2 aromatic carbocycles. The number of nitrogens with zero attached hydrogens (tertiary/aromatic N) is 10. The quantitative estimate of drug-likeness (QED) is 0.112. The van der Waals surface area contributed by atoms with Crippen molar-refractivity contribution in [3.05, 3.63) is 102 Å². The molecule has 1 fully saturated rings. The van der Waals surface area contributed by atoms with E-state index in [9.17, 15) is 26.3 Å². The zero-order chi connectivity index (χ0) is 39.9. The van der Waals surface area contributed by atoms with Gasteiger partial charge in [0.2, 0.25) is 11.8 Å². The zero-order valence-corrected chi connectivity index (χ0v) is 31.1. The van der Waals surface area contributed by atoms with E-state index in [-0.39, 0.29) is 42.7 Å². The van der Waals surface area contributed by atoms with Crippen LogP contribution in [0.1, 0.15) is 86.7 Å². The fourth-order valence-corrected chi connectivity index (χ4v) is 6.41. The third kappa shape index (κ3) is 8.07. The summed E-state index contributed by atoms with van der Waals surface area (Å²) in [6, 6.07) is 13.6. The molecule has 0 unspecified atom stereocenters. The van der Waals surface area contributed by atoms with Crippen LogP contribution in [0.5, 0.6) is 5.88 Å². The molecule has 0 amide bonds. The highest BCUT2D eigenvalue weighted by Crippen LogP contribution is 2.45. The molecule has 4 aromatic heterocycles. The second-order valence-corrected chi connectivity index (χ2v) is 14.2. The number of methoxy groups -OCH3 is 1. The summed E-state index contributed by atoms with van der Waals surface area (Å²) in [6.45, 7) is 7.68. The predicted octanol–water partition coefficient (Wildman–Crippen LogP) is 9.35. The summed E-state index contributed by atoms with van der Waals surface area (Å²) in [7, 11) is 1.51. The number of aromatic nitrogens is 9. The molecule has 1 aliphatic rings. The SMILES string of the molecule is COc1ncnc(C2CC2)c1-c1ncnc(N(Cc2ccc(-c3nc(C(F)(F)F)cn3C(C)C)cc2)Cc2ccc(-c3nc(C(F)(F)F)cn3C(C)C)cc2)n1. The van der Waals surface area contributed by atoms with Crippen molar-refractivity contribution in [2.75, 3.05) is 12.0 Å². The van der Waals surface area contributed by atoms with Crippen LogP contribution in [0.3, 0.4) is 0 Å². The molecular weight excluding hydrogens is 738 g/mol. The number of halogens is 6. The van der Waals surface area contributed by atoms with Crippen molar-refractivity contribution >= 4 is 5.95 Å². The van der Waals surface area contributed by atoms with Crippen molar-refractivity contribution in [2.45, 2.75) is 84.0 Å². The summed E-state index contributed by atoms with van der Waals surface area (Å²) in [5.74, 6) is 1.59. The molecule has 0 atom stereocenters. The van der Waals surface area contributed by atoms with Gasteiger partial charge >= 0.3 is 12.4 Å². The summed E-state index contributed by atoms with van der Waals surface area (Å²) >= 11 is 0. The number of anilines is 1. The van der Waals surface area contributed by atoms with Crippen LogP contribution in [0.4, 0.5) is 32.3 Å². The molecule has 0 radical (unpaired) electrons. The molecule has 17 heteroatoms. The van der Waals surface area contributed by atoms with Crippen molar-refractivity contribution in [2.24, 2.45) is 0 Å². The predicted molar refractivity (Wildman–Crippen MR) is 195 cm³/mol. The lowest BCUT2D eigenvalue weighted by Gasteiger charge is -2.24. The molecule has 1 aliphatic carbocycles. The lowest BCUT2D eigenvalue weighted by atomic mass is 10.1. The Kier molecular flexibility index (Phi) is 10.3. The van der Waals surface area contributed by atoms with Crippen LogP contribution < -0.4 is 9.64 Å². The highest BCUT2D eigenvalue weighted by molar-refractivity contribution is 5.66. The number of rotatable bonds is 12. The molecule has 6 aromatic rings. The Labute approximate surface area is 318 Å². The normalized spacial score (nSPS) is 13.5. The summed E-state index contributed by atoms with van der Waals surface area (Å²) in [5.41, 5.74) is 2.05. The monoisotopic (exact) mass is 776 g/mol. The van der Waals surface area contributed by atoms with E-state index in [1.807, 2.05) is 29.2 Å². The van der Waals surface area contributed by atoms with Crippen LogP contribution >= 0.6 is 0 Å². The third-order valence-corrected chi connectivity index (χ3v) is 9.39. The lowest BCUT2D eigenvalue weighted by molar-refractivity contribution is -0.141. The number of benzene rings is 2. The molecule has 7 rings (SSSR count). The van der Waals surface area contributed by atoms with E-state index in [0.717, 1.165) is 42.1 Å². The van der Waals surface area contributed by atoms with Crippen LogP contribution in [0, 0.1) is 0 Å². The topological polar surface area (TPSA) is 113 Å². The molecule has 11 nitrogen and oxygen atoms in total. The van der Waals surface area contributed by atoms with E-state index in [4.69, 9.17) is 9.72 Å². The first-order valence-electron chi connectivity index (χ1n) is 17.9. The van der Waals surface area contributed by atoms with Crippen molar-refractivity contribution in [3.8, 4) is 40.0 Å². The van der Waals surface area contributed by atoms with E-state index in [1.165, 1.54) is 28.9 Å². The van der Waals surface area contributed by atoms with Crippen molar-refractivity contribution < 1.29 is 31.1 Å². The van der Waals surface area contributed by atoms with E-state index in [0.29, 0.717) is 34.3 Å². The van der Waals surface area contributed by atoms with Gasteiger partial charge in [0.25, 0.3) is 0 Å². The fraction of sp³-hybridized carbons (Fsp3) is 0.359. The smallest absolute Gasteiger partial charge is 0.434 e. The molecule has 292 valence electrons. The van der Waals surface area contributed by atoms with Gasteiger partial charge < -0.3 is 18.8 Å². The molecule has 0 saturated heterocycles. The number of alkyl halides is 6. The average Bonchev–Trinajstić information content (AvgIpc) is 3.71. The van der Waals surface area contributed by atoms with Crippen LogP contribution in [-0.4, -0.2) is 51.1 Å². The maximum absolute atomic E-state index is 13.6. The molecular formula is C39H38F6N10O. The largest absolute Gasteiger partial charge is 0.480 e. The Morgan fingerprint density at radius 2 is 1.16 bits per heavy atom. The van der Waals surface area contributed by atoms with Gasteiger partial charge in [0, 0.05) is 54.6 Å². The minimum Gasteiger partial charge on any atom is -0.480 e. The number of ether oxygens (including phenoxy) is 1. The maximum atomic E-state index is 13.6. The molecule has 0 aliphatic heterocycles. The second-order valence-electron chi connectivity index (χ2n) is 14.2. The van der Waals surface area contributed by atoms with Gasteiger partial charge in [-0.2, -0.15) is 31.3 Å². The summed E-state index contributed by atoms with van der Waals surface area (Å²) in [4.78, 5) is 32.4. The Morgan fingerprint density at radius 3 is 1.59 bits per heavy atom. The first-order chi connectivity index (χ1) is 26.6. The fourth-order valence-electron chi connectivity index (χ4n) is 6.41. The minimum atomic E-state index is -4.59. The standard InChI is InChI=1S/C39H38F6N10O/c1-22(2)54-18-29(38(40,41)42)50-34(54)27-10-6-24(7-11-27)16-53(37-49-21-47-33(52-37)31-32(26-14-15-26)46-20-48-36(31)56-5)17-25-8-12-28(13-9-25)35-51-30(39(43,44)45)19-55(35)23(3)4/h6-13,18-23,26H,14-17H2,1-5H3. The average molecular weight is 777 g/mol. The Hall–Kier alpha value is -5.87. The van der Waals surface area contributed by atoms with Gasteiger partial charge in [-0.15, -0.1) is 0 Å². The lowest BCUT2D eigenvalue weighted by Crippen LogP contribution is -2.24. The first kappa shape index (κ1) is 38.4. The molecule has 1 saturated carbocycles. The van der Waals surface area contributed by atoms with Crippen LogP contribution in [0.2, 0.25) is 0 Å². The van der Waals surface area contributed by atoms with E-state index in [1.54, 1.807) is 52.0 Å². The molecule has 0 spiro atoms. The van der Waals surface area contributed by atoms with E-state index in [2.05, 4.69) is 29.9 Å². The highest BCUT2D eigenvalue weighted by atomic mass is 19.4. The molecule has 0 bridgehead atoms. The zero-order valence-electron chi connectivity index (χ0n) is 31.1. The number of hydrogen-bond acceptors (Lipinski definition) is 9. The van der Waals surface area contributed by atoms with Gasteiger partial charge in [0.05, 0.1) is 12.8 Å². The van der Waals surface area contributed by atoms with Crippen molar-refractivity contribution in [3.63, 3.8) is 0 Å². The van der Waals surface area contributed by atoms with Crippen LogP contribution in [0.25, 0.3) is 34.2 Å². The number of hydrogen-bond donors (Lipinski definition) is 0.